The van der Waals surface area contributed by atoms with Crippen LogP contribution in [0.1, 0.15) is 30.1 Å². The van der Waals surface area contributed by atoms with Crippen LogP contribution < -0.4 is 0 Å². The Morgan fingerprint density at radius 3 is 3.12 bits per heavy atom. The molecule has 0 spiro atoms. The first-order valence-electron chi connectivity index (χ1n) is 8.67. The van der Waals surface area contributed by atoms with Gasteiger partial charge in [0.15, 0.2) is 0 Å². The smallest absolute Gasteiger partial charge is 0.255 e. The lowest BCUT2D eigenvalue weighted by Crippen LogP contribution is -2.46. The van der Waals surface area contributed by atoms with Crippen LogP contribution in [0.25, 0.3) is 10.9 Å². The van der Waals surface area contributed by atoms with Crippen LogP contribution in [0.2, 0.25) is 0 Å². The van der Waals surface area contributed by atoms with Crippen LogP contribution >= 0.6 is 0 Å². The van der Waals surface area contributed by atoms with Gasteiger partial charge in [-0.15, -0.1) is 0 Å². The molecule has 1 amide bonds. The lowest BCUT2D eigenvalue weighted by Gasteiger charge is -2.31. The van der Waals surface area contributed by atoms with E-state index in [1.165, 1.54) is 0 Å². The Morgan fingerprint density at radius 2 is 2.25 bits per heavy atom. The zero-order valence-electron chi connectivity index (χ0n) is 13.9. The number of para-hydroxylation sites is 1. The van der Waals surface area contributed by atoms with Gasteiger partial charge in [0.2, 0.25) is 0 Å². The normalized spacial score (nSPS) is 26.5. The molecule has 5 nitrogen and oxygen atoms in total. The van der Waals surface area contributed by atoms with Gasteiger partial charge in [0.1, 0.15) is 6.10 Å². The maximum Gasteiger partial charge on any atom is 0.255 e. The van der Waals surface area contributed by atoms with E-state index in [2.05, 4.69) is 4.98 Å². The summed E-state index contributed by atoms with van der Waals surface area (Å²) in [5.41, 5.74) is 1.54. The molecule has 126 valence electrons. The fraction of sp³-hybridized carbons (Fsp3) is 0.474. The number of pyridine rings is 1. The third-order valence-electron chi connectivity index (χ3n) is 5.01. The van der Waals surface area contributed by atoms with Crippen molar-refractivity contribution in [3.8, 4) is 0 Å². The van der Waals surface area contributed by atoms with Crippen LogP contribution in [0.5, 0.6) is 0 Å². The van der Waals surface area contributed by atoms with Gasteiger partial charge in [0, 0.05) is 24.7 Å². The van der Waals surface area contributed by atoms with E-state index in [0.717, 1.165) is 23.7 Å². The summed E-state index contributed by atoms with van der Waals surface area (Å²) in [6.07, 6.45) is 3.66. The molecule has 1 aromatic carbocycles. The lowest BCUT2D eigenvalue weighted by atomic mass is 10.1. The Bertz CT molecular complexity index is 748. The van der Waals surface area contributed by atoms with Gasteiger partial charge in [-0.2, -0.15) is 0 Å². The maximum atomic E-state index is 13.1. The van der Waals surface area contributed by atoms with Crippen LogP contribution in [0.3, 0.4) is 0 Å². The van der Waals surface area contributed by atoms with Crippen LogP contribution in [-0.2, 0) is 9.47 Å². The monoisotopic (exact) mass is 326 g/mol. The van der Waals surface area contributed by atoms with E-state index < -0.39 is 0 Å². The largest absolute Gasteiger partial charge is 0.374 e. The summed E-state index contributed by atoms with van der Waals surface area (Å²) in [6, 6.07) is 9.88. The van der Waals surface area contributed by atoms with Crippen molar-refractivity contribution in [3.05, 3.63) is 42.1 Å². The van der Waals surface area contributed by atoms with E-state index in [0.29, 0.717) is 25.3 Å². The molecule has 2 bridgehead atoms. The van der Waals surface area contributed by atoms with Gasteiger partial charge in [-0.1, -0.05) is 18.2 Å². The molecular formula is C19H22N2O3. The van der Waals surface area contributed by atoms with Crippen molar-refractivity contribution in [3.63, 3.8) is 0 Å². The van der Waals surface area contributed by atoms with E-state index in [4.69, 9.17) is 9.47 Å². The highest BCUT2D eigenvalue weighted by molar-refractivity contribution is 5.97. The van der Waals surface area contributed by atoms with Gasteiger partial charge in [-0.25, -0.2) is 0 Å². The first-order chi connectivity index (χ1) is 11.8. The van der Waals surface area contributed by atoms with Crippen molar-refractivity contribution in [1.29, 1.82) is 0 Å². The minimum atomic E-state index is -0.0186. The third-order valence-corrected chi connectivity index (χ3v) is 5.01. The number of ether oxygens (including phenoxy) is 2. The number of nitrogens with zero attached hydrogens (tertiary/aromatic N) is 2. The molecule has 4 rings (SSSR count). The second-order valence-corrected chi connectivity index (χ2v) is 6.39. The fourth-order valence-corrected chi connectivity index (χ4v) is 3.91. The predicted octanol–water partition coefficient (Wildman–Crippen LogP) is 2.64. The number of fused-ring (bicyclic) bond motifs is 3. The molecule has 0 radical (unpaired) electrons. The molecule has 3 atom stereocenters. The molecule has 5 heteroatoms. The predicted molar refractivity (Wildman–Crippen MR) is 91.0 cm³/mol. The molecule has 1 aliphatic heterocycles. The third kappa shape index (κ3) is 2.68. The van der Waals surface area contributed by atoms with E-state index in [1.807, 2.05) is 42.2 Å². The van der Waals surface area contributed by atoms with Crippen LogP contribution in [0, 0.1) is 0 Å². The van der Waals surface area contributed by atoms with Gasteiger partial charge in [-0.3, -0.25) is 9.78 Å². The van der Waals surface area contributed by atoms with Crippen LogP contribution in [0.15, 0.2) is 36.5 Å². The fourth-order valence-electron chi connectivity index (χ4n) is 3.91. The summed E-state index contributed by atoms with van der Waals surface area (Å²) in [7, 11) is 0. The molecule has 2 fully saturated rings. The summed E-state index contributed by atoms with van der Waals surface area (Å²) in [6.45, 7) is 3.80. The van der Waals surface area contributed by atoms with Gasteiger partial charge in [-0.05, 0) is 31.9 Å². The van der Waals surface area contributed by atoms with Gasteiger partial charge >= 0.3 is 0 Å². The maximum absolute atomic E-state index is 13.1. The highest BCUT2D eigenvalue weighted by Gasteiger charge is 2.44. The molecule has 1 aromatic heterocycles. The quantitative estimate of drug-likeness (QED) is 0.870. The Morgan fingerprint density at radius 1 is 1.38 bits per heavy atom. The molecule has 1 aliphatic carbocycles. The number of hydrogen-bond acceptors (Lipinski definition) is 4. The highest BCUT2D eigenvalue weighted by atomic mass is 16.5. The van der Waals surface area contributed by atoms with Gasteiger partial charge in [0.05, 0.1) is 29.8 Å². The average molecular weight is 326 g/mol. The number of aromatic nitrogens is 1. The van der Waals surface area contributed by atoms with Crippen LogP contribution in [0.4, 0.5) is 0 Å². The average Bonchev–Trinajstić information content (AvgIpc) is 2.90. The minimum Gasteiger partial charge on any atom is -0.374 e. The summed E-state index contributed by atoms with van der Waals surface area (Å²) in [4.78, 5) is 19.5. The Labute approximate surface area is 141 Å². The van der Waals surface area contributed by atoms with E-state index in [9.17, 15) is 4.79 Å². The summed E-state index contributed by atoms with van der Waals surface area (Å²) < 4.78 is 11.8. The first-order valence-corrected chi connectivity index (χ1v) is 8.67. The molecule has 1 saturated heterocycles. The summed E-state index contributed by atoms with van der Waals surface area (Å²) in [5, 5.41) is 0.986. The van der Waals surface area contributed by atoms with Crippen molar-refractivity contribution < 1.29 is 14.3 Å². The van der Waals surface area contributed by atoms with Gasteiger partial charge in [0.25, 0.3) is 5.91 Å². The first kappa shape index (κ1) is 15.5. The van der Waals surface area contributed by atoms with Crippen LogP contribution in [-0.4, -0.2) is 53.8 Å². The zero-order valence-corrected chi connectivity index (χ0v) is 13.9. The van der Waals surface area contributed by atoms with Crippen molar-refractivity contribution in [2.75, 3.05) is 19.8 Å². The summed E-state index contributed by atoms with van der Waals surface area (Å²) in [5.74, 6) is 0.0223. The number of carbonyl (C=O) groups excluding carboxylic acids is 1. The van der Waals surface area contributed by atoms with Crippen molar-refractivity contribution in [2.24, 2.45) is 0 Å². The zero-order chi connectivity index (χ0) is 16.5. The van der Waals surface area contributed by atoms with E-state index in [-0.39, 0.29) is 24.2 Å². The number of rotatable bonds is 3. The van der Waals surface area contributed by atoms with Crippen molar-refractivity contribution >= 4 is 16.8 Å². The topological polar surface area (TPSA) is 51.7 Å². The molecule has 24 heavy (non-hydrogen) atoms. The van der Waals surface area contributed by atoms with Crippen molar-refractivity contribution in [1.82, 2.24) is 9.88 Å². The molecule has 3 unspecified atom stereocenters. The molecular weight excluding hydrogens is 304 g/mol. The molecule has 1 saturated carbocycles. The minimum absolute atomic E-state index is 0.0186. The second-order valence-electron chi connectivity index (χ2n) is 6.39. The molecule has 2 aliphatic rings. The van der Waals surface area contributed by atoms with Crippen molar-refractivity contribution in [2.45, 2.75) is 38.0 Å². The highest BCUT2D eigenvalue weighted by Crippen LogP contribution is 2.33. The number of hydrogen-bond donors (Lipinski definition) is 0. The molecule has 2 aromatic rings. The number of carbonyl (C=O) groups is 1. The summed E-state index contributed by atoms with van der Waals surface area (Å²) >= 11 is 0. The van der Waals surface area contributed by atoms with E-state index >= 15 is 0 Å². The SMILES string of the molecule is CCOC1C2CCC1N(C(=O)c1cnc3ccccc3c1)CCO2. The standard InChI is InChI=1S/C19H22N2O3/c1-2-23-18-16-7-8-17(18)24-10-9-21(16)19(22)14-11-13-5-3-4-6-15(13)20-12-14/h3-6,11-12,16-18H,2,7-10H2,1H3. The molecule has 0 N–H and O–H groups in total. The molecule has 2 heterocycles. The van der Waals surface area contributed by atoms with Gasteiger partial charge < -0.3 is 14.4 Å². The second kappa shape index (κ2) is 6.49. The lowest BCUT2D eigenvalue weighted by molar-refractivity contribution is -0.0484. The Balaban J connectivity index is 1.64. The number of benzene rings is 1. The number of amides is 1. The van der Waals surface area contributed by atoms with E-state index in [1.54, 1.807) is 6.20 Å². The Kier molecular flexibility index (Phi) is 4.21. The Hall–Kier alpha value is -1.98.